The molecule has 0 atom stereocenters. The van der Waals surface area contributed by atoms with Crippen LogP contribution >= 0.6 is 0 Å². The fraction of sp³-hybridized carbons (Fsp3) is 0.500. The van der Waals surface area contributed by atoms with Crippen molar-refractivity contribution in [3.05, 3.63) is 23.8 Å². The van der Waals surface area contributed by atoms with Gasteiger partial charge in [0, 0.05) is 5.54 Å². The zero-order valence-electron chi connectivity index (χ0n) is 11.3. The number of carbonyl (C=O) groups excluding carboxylic acids is 1. The van der Waals surface area contributed by atoms with Gasteiger partial charge in [0.15, 0.2) is 5.60 Å². The van der Waals surface area contributed by atoms with Crippen LogP contribution in [0.25, 0.3) is 0 Å². The third-order valence-electron chi connectivity index (χ3n) is 2.87. The highest BCUT2D eigenvalue weighted by Gasteiger charge is 2.35. The first-order valence-electron chi connectivity index (χ1n) is 6.10. The Hall–Kier alpha value is -1.55. The van der Waals surface area contributed by atoms with E-state index in [4.69, 9.17) is 10.5 Å². The summed E-state index contributed by atoms with van der Waals surface area (Å²) in [6.07, 6.45) is 0.762. The van der Waals surface area contributed by atoms with E-state index in [-0.39, 0.29) is 11.4 Å². The van der Waals surface area contributed by atoms with Crippen molar-refractivity contribution in [2.75, 3.05) is 5.32 Å². The highest BCUT2D eigenvalue weighted by Crippen LogP contribution is 2.34. The van der Waals surface area contributed by atoms with Crippen molar-refractivity contribution in [3.8, 4) is 5.75 Å². The maximum absolute atomic E-state index is 11.7. The molecule has 2 rings (SSSR count). The normalized spacial score (nSPS) is 17.7. The molecule has 1 aromatic carbocycles. The van der Waals surface area contributed by atoms with Crippen LogP contribution in [0.15, 0.2) is 18.2 Å². The van der Waals surface area contributed by atoms with Gasteiger partial charge < -0.3 is 15.8 Å². The molecule has 1 heterocycles. The van der Waals surface area contributed by atoms with E-state index in [1.807, 2.05) is 32.0 Å². The molecule has 98 valence electrons. The van der Waals surface area contributed by atoms with Gasteiger partial charge in [-0.05, 0) is 51.8 Å². The molecule has 0 bridgehead atoms. The second-order valence-electron chi connectivity index (χ2n) is 6.06. The summed E-state index contributed by atoms with van der Waals surface area (Å²) in [5.74, 6) is 0.586. The van der Waals surface area contributed by atoms with Crippen molar-refractivity contribution in [2.24, 2.45) is 5.73 Å². The Bertz CT molecular complexity index is 487. The van der Waals surface area contributed by atoms with Crippen molar-refractivity contribution in [1.29, 1.82) is 0 Å². The number of carbonyl (C=O) groups is 1. The molecule has 1 aliphatic rings. The molecule has 0 unspecified atom stereocenters. The Labute approximate surface area is 108 Å². The van der Waals surface area contributed by atoms with Crippen LogP contribution in [0.2, 0.25) is 0 Å². The van der Waals surface area contributed by atoms with Crippen molar-refractivity contribution in [3.63, 3.8) is 0 Å². The first kappa shape index (κ1) is 12.9. The highest BCUT2D eigenvalue weighted by atomic mass is 16.5. The predicted octanol–water partition coefficient (Wildman–Crippen LogP) is 2.08. The van der Waals surface area contributed by atoms with E-state index < -0.39 is 5.60 Å². The van der Waals surface area contributed by atoms with Crippen LogP contribution in [0.3, 0.4) is 0 Å². The fourth-order valence-electron chi connectivity index (χ4n) is 1.98. The number of nitrogens with two attached hydrogens (primary N) is 1. The molecule has 4 nitrogen and oxygen atoms in total. The maximum Gasteiger partial charge on any atom is 0.268 e. The van der Waals surface area contributed by atoms with E-state index in [1.165, 1.54) is 0 Å². The minimum Gasteiger partial charge on any atom is -0.476 e. The zero-order chi connectivity index (χ0) is 13.6. The predicted molar refractivity (Wildman–Crippen MR) is 71.7 cm³/mol. The van der Waals surface area contributed by atoms with E-state index in [0.29, 0.717) is 5.75 Å². The number of ether oxygens (including phenoxy) is 1. The Balaban J connectivity index is 2.31. The van der Waals surface area contributed by atoms with Crippen LogP contribution in [0.4, 0.5) is 5.69 Å². The van der Waals surface area contributed by atoms with E-state index in [2.05, 4.69) is 5.32 Å². The largest absolute Gasteiger partial charge is 0.476 e. The first-order chi connectivity index (χ1) is 8.17. The summed E-state index contributed by atoms with van der Waals surface area (Å²) in [7, 11) is 0. The lowest BCUT2D eigenvalue weighted by Gasteiger charge is -2.32. The van der Waals surface area contributed by atoms with Crippen molar-refractivity contribution in [1.82, 2.24) is 0 Å². The van der Waals surface area contributed by atoms with Gasteiger partial charge in [0.2, 0.25) is 0 Å². The molecular weight excluding hydrogens is 228 g/mol. The van der Waals surface area contributed by atoms with Crippen molar-refractivity contribution < 1.29 is 9.53 Å². The summed E-state index contributed by atoms with van der Waals surface area (Å²) in [5.41, 5.74) is 6.74. The molecule has 0 aromatic heterocycles. The fourth-order valence-corrected chi connectivity index (χ4v) is 1.98. The third kappa shape index (κ3) is 2.64. The number of benzene rings is 1. The van der Waals surface area contributed by atoms with E-state index in [9.17, 15) is 4.79 Å². The Kier molecular flexibility index (Phi) is 2.86. The number of hydrogen-bond donors (Lipinski definition) is 2. The molecular formula is C14H20N2O2. The zero-order valence-corrected chi connectivity index (χ0v) is 11.3. The number of hydrogen-bond acceptors (Lipinski definition) is 3. The highest BCUT2D eigenvalue weighted by molar-refractivity contribution is 6.00. The van der Waals surface area contributed by atoms with Gasteiger partial charge in [-0.2, -0.15) is 0 Å². The number of amides is 1. The summed E-state index contributed by atoms with van der Waals surface area (Å²) in [5, 5.41) is 2.85. The summed E-state index contributed by atoms with van der Waals surface area (Å²) in [4.78, 5) is 11.7. The number of nitrogens with one attached hydrogen (secondary N) is 1. The van der Waals surface area contributed by atoms with Crippen LogP contribution in [0.1, 0.15) is 33.3 Å². The topological polar surface area (TPSA) is 64.3 Å². The quantitative estimate of drug-likeness (QED) is 0.842. The van der Waals surface area contributed by atoms with Gasteiger partial charge in [-0.3, -0.25) is 4.79 Å². The molecule has 1 aromatic rings. The standard InChI is InChI=1S/C14H20N2O2/c1-13(2,15)8-9-5-6-10-11(7-9)18-14(3,4)12(17)16-10/h5-7H,8,15H2,1-4H3,(H,16,17). The molecule has 0 spiro atoms. The average Bonchev–Trinajstić information content (AvgIpc) is 2.17. The number of fused-ring (bicyclic) bond motifs is 1. The van der Waals surface area contributed by atoms with Gasteiger partial charge in [0.05, 0.1) is 5.69 Å². The summed E-state index contributed by atoms with van der Waals surface area (Å²) in [6.45, 7) is 7.48. The second kappa shape index (κ2) is 3.99. The van der Waals surface area contributed by atoms with Crippen molar-refractivity contribution in [2.45, 2.75) is 45.3 Å². The molecule has 4 heteroatoms. The summed E-state index contributed by atoms with van der Waals surface area (Å²) in [6, 6.07) is 5.78. The average molecular weight is 248 g/mol. The smallest absolute Gasteiger partial charge is 0.268 e. The van der Waals surface area contributed by atoms with Crippen LogP contribution in [0, 0.1) is 0 Å². The summed E-state index contributed by atoms with van der Waals surface area (Å²) >= 11 is 0. The van der Waals surface area contributed by atoms with Crippen molar-refractivity contribution >= 4 is 11.6 Å². The molecule has 0 radical (unpaired) electrons. The van der Waals surface area contributed by atoms with Gasteiger partial charge in [-0.15, -0.1) is 0 Å². The molecule has 1 aliphatic heterocycles. The maximum atomic E-state index is 11.7. The second-order valence-corrected chi connectivity index (χ2v) is 6.06. The van der Waals surface area contributed by atoms with E-state index in [1.54, 1.807) is 13.8 Å². The lowest BCUT2D eigenvalue weighted by atomic mass is 9.95. The molecule has 18 heavy (non-hydrogen) atoms. The number of rotatable bonds is 2. The monoisotopic (exact) mass is 248 g/mol. The SMILES string of the molecule is CC(C)(N)Cc1ccc2c(c1)OC(C)(C)C(=O)N2. The van der Waals surface area contributed by atoms with Gasteiger partial charge in [-0.25, -0.2) is 0 Å². The van der Waals surface area contributed by atoms with Gasteiger partial charge in [0.1, 0.15) is 5.75 Å². The van der Waals surface area contributed by atoms with E-state index in [0.717, 1.165) is 17.7 Å². The molecule has 1 amide bonds. The van der Waals surface area contributed by atoms with Gasteiger partial charge >= 0.3 is 0 Å². The minimum absolute atomic E-state index is 0.123. The molecule has 0 aliphatic carbocycles. The first-order valence-corrected chi connectivity index (χ1v) is 6.10. The molecule has 0 saturated carbocycles. The van der Waals surface area contributed by atoms with Crippen LogP contribution in [-0.4, -0.2) is 17.0 Å². The van der Waals surface area contributed by atoms with Crippen LogP contribution < -0.4 is 15.8 Å². The summed E-state index contributed by atoms with van der Waals surface area (Å²) < 4.78 is 5.73. The minimum atomic E-state index is -0.830. The van der Waals surface area contributed by atoms with Crippen LogP contribution in [0.5, 0.6) is 5.75 Å². The Morgan fingerprint density at radius 2 is 2.06 bits per heavy atom. The lowest BCUT2D eigenvalue weighted by Crippen LogP contribution is -2.45. The third-order valence-corrected chi connectivity index (χ3v) is 2.87. The molecule has 0 saturated heterocycles. The van der Waals surface area contributed by atoms with Gasteiger partial charge in [-0.1, -0.05) is 6.07 Å². The van der Waals surface area contributed by atoms with Crippen LogP contribution in [-0.2, 0) is 11.2 Å². The van der Waals surface area contributed by atoms with E-state index >= 15 is 0 Å². The molecule has 3 N–H and O–H groups in total. The Morgan fingerprint density at radius 1 is 1.39 bits per heavy atom. The molecule has 0 fully saturated rings. The lowest BCUT2D eigenvalue weighted by molar-refractivity contribution is -0.129. The number of anilines is 1. The van der Waals surface area contributed by atoms with Gasteiger partial charge in [0.25, 0.3) is 5.91 Å². The Morgan fingerprint density at radius 3 is 2.67 bits per heavy atom.